The summed E-state index contributed by atoms with van der Waals surface area (Å²) in [6.07, 6.45) is 3.12. The Balaban J connectivity index is 1.64. The molecule has 2 heterocycles. The number of anilines is 2. The summed E-state index contributed by atoms with van der Waals surface area (Å²) in [5.41, 5.74) is 13.4. The third-order valence-electron chi connectivity index (χ3n) is 4.44. The van der Waals surface area contributed by atoms with E-state index < -0.39 is 0 Å². The number of nitrogens with zero attached hydrogens (tertiary/aromatic N) is 3. The van der Waals surface area contributed by atoms with Crippen LogP contribution in [0.2, 0.25) is 0 Å². The molecular weight excluding hydrogens is 386 g/mol. The molecule has 0 bridgehead atoms. The average molecular weight is 405 g/mol. The second-order valence-electron chi connectivity index (χ2n) is 6.38. The zero-order chi connectivity index (χ0) is 20.4. The van der Waals surface area contributed by atoms with Crippen LogP contribution in [0.5, 0.6) is 11.5 Å². The third-order valence-corrected chi connectivity index (χ3v) is 5.78. The molecule has 4 N–H and O–H groups in total. The summed E-state index contributed by atoms with van der Waals surface area (Å²) in [5, 5.41) is 14.1. The second kappa shape index (κ2) is 7.76. The molecule has 2 aromatic carbocycles. The lowest BCUT2D eigenvalue weighted by Crippen LogP contribution is -1.95. The minimum atomic E-state index is 0.0570. The van der Waals surface area contributed by atoms with Gasteiger partial charge in [-0.25, -0.2) is 9.97 Å². The summed E-state index contributed by atoms with van der Waals surface area (Å²) >= 11 is 1.59. The number of ether oxygens (including phenoxy) is 1. The molecule has 0 aliphatic rings. The van der Waals surface area contributed by atoms with Crippen molar-refractivity contribution >= 4 is 39.3 Å². The van der Waals surface area contributed by atoms with Gasteiger partial charge in [0, 0.05) is 10.6 Å². The fourth-order valence-electron chi connectivity index (χ4n) is 3.01. The number of aryl methyl sites for hydroxylation is 1. The van der Waals surface area contributed by atoms with Crippen molar-refractivity contribution in [2.45, 2.75) is 6.92 Å². The van der Waals surface area contributed by atoms with E-state index in [4.69, 9.17) is 10.5 Å². The van der Waals surface area contributed by atoms with E-state index in [9.17, 15) is 5.11 Å². The zero-order valence-electron chi connectivity index (χ0n) is 15.9. The zero-order valence-corrected chi connectivity index (χ0v) is 16.7. The number of hydrogen-bond donors (Lipinski definition) is 3. The van der Waals surface area contributed by atoms with E-state index in [1.165, 1.54) is 13.4 Å². The van der Waals surface area contributed by atoms with Crippen LogP contribution in [0.3, 0.4) is 0 Å². The number of hydrazone groups is 1. The van der Waals surface area contributed by atoms with Crippen molar-refractivity contribution in [3.63, 3.8) is 0 Å². The van der Waals surface area contributed by atoms with Crippen molar-refractivity contribution in [2.75, 3.05) is 18.3 Å². The van der Waals surface area contributed by atoms with Gasteiger partial charge in [-0.05, 0) is 53.9 Å². The van der Waals surface area contributed by atoms with E-state index in [0.717, 1.165) is 37.5 Å². The maximum atomic E-state index is 9.88. The van der Waals surface area contributed by atoms with Crippen LogP contribution < -0.4 is 15.9 Å². The predicted molar refractivity (Wildman–Crippen MR) is 118 cm³/mol. The Morgan fingerprint density at radius 2 is 2.07 bits per heavy atom. The molecule has 0 fully saturated rings. The average Bonchev–Trinajstić information content (AvgIpc) is 3.06. The first-order chi connectivity index (χ1) is 14.1. The molecule has 8 heteroatoms. The first-order valence-corrected chi connectivity index (χ1v) is 9.64. The summed E-state index contributed by atoms with van der Waals surface area (Å²) in [5.74, 6) is 1.09. The topological polar surface area (TPSA) is 106 Å². The van der Waals surface area contributed by atoms with Gasteiger partial charge in [-0.2, -0.15) is 5.10 Å². The molecule has 0 unspecified atom stereocenters. The number of hydrogen-bond acceptors (Lipinski definition) is 8. The maximum absolute atomic E-state index is 9.88. The Bertz CT molecular complexity index is 1220. The first-order valence-electron chi connectivity index (χ1n) is 8.83. The van der Waals surface area contributed by atoms with Gasteiger partial charge < -0.3 is 15.6 Å². The molecule has 0 aliphatic heterocycles. The van der Waals surface area contributed by atoms with E-state index in [-0.39, 0.29) is 5.75 Å². The van der Waals surface area contributed by atoms with Crippen molar-refractivity contribution in [3.8, 4) is 21.9 Å². The number of thiophene rings is 1. The third kappa shape index (κ3) is 3.70. The molecule has 4 rings (SSSR count). The summed E-state index contributed by atoms with van der Waals surface area (Å²) in [6, 6.07) is 12.8. The quantitative estimate of drug-likeness (QED) is 0.258. The molecule has 0 aliphatic carbocycles. The lowest BCUT2D eigenvalue weighted by atomic mass is 10.1. The number of aromatic nitrogens is 2. The number of phenolic OH excluding ortho intramolecular Hbond substituents is 1. The molecule has 4 aromatic rings. The maximum Gasteiger partial charge on any atom is 0.167 e. The van der Waals surface area contributed by atoms with Gasteiger partial charge in [-0.3, -0.25) is 5.43 Å². The molecule has 29 heavy (non-hydrogen) atoms. The normalized spacial score (nSPS) is 11.2. The molecule has 146 valence electrons. The van der Waals surface area contributed by atoms with Crippen LogP contribution in [0.25, 0.3) is 20.7 Å². The van der Waals surface area contributed by atoms with Gasteiger partial charge in [-0.15, -0.1) is 11.3 Å². The number of methoxy groups -OCH3 is 1. The van der Waals surface area contributed by atoms with Gasteiger partial charge in [0.2, 0.25) is 0 Å². The van der Waals surface area contributed by atoms with Crippen molar-refractivity contribution in [2.24, 2.45) is 5.10 Å². The van der Waals surface area contributed by atoms with Crippen molar-refractivity contribution in [1.82, 2.24) is 9.97 Å². The lowest BCUT2D eigenvalue weighted by Gasteiger charge is -2.03. The predicted octanol–water partition coefficient (Wildman–Crippen LogP) is 4.41. The summed E-state index contributed by atoms with van der Waals surface area (Å²) in [4.78, 5) is 9.86. The fraction of sp³-hybridized carbons (Fsp3) is 0.0952. The highest BCUT2D eigenvalue weighted by atomic mass is 32.1. The first kappa shape index (κ1) is 18.7. The molecule has 0 atom stereocenters. The number of nitrogen functional groups attached to an aromatic ring is 1. The smallest absolute Gasteiger partial charge is 0.167 e. The number of nitrogens with one attached hydrogen (secondary N) is 1. The van der Waals surface area contributed by atoms with Crippen LogP contribution in [0.1, 0.15) is 11.1 Å². The van der Waals surface area contributed by atoms with Crippen LogP contribution in [0.4, 0.5) is 11.5 Å². The number of phenols is 1. The highest BCUT2D eigenvalue weighted by Crippen LogP contribution is 2.40. The Hall–Kier alpha value is -3.65. The molecule has 0 radical (unpaired) electrons. The van der Waals surface area contributed by atoms with E-state index in [1.54, 1.807) is 35.8 Å². The Morgan fingerprint density at radius 3 is 2.83 bits per heavy atom. The number of nitrogens with two attached hydrogens (primary N) is 1. The van der Waals surface area contributed by atoms with Gasteiger partial charge in [0.05, 0.1) is 23.5 Å². The highest BCUT2D eigenvalue weighted by Gasteiger charge is 2.15. The minimum absolute atomic E-state index is 0.0570. The van der Waals surface area contributed by atoms with Gasteiger partial charge in [0.15, 0.2) is 17.3 Å². The van der Waals surface area contributed by atoms with E-state index in [0.29, 0.717) is 11.6 Å². The van der Waals surface area contributed by atoms with Gasteiger partial charge >= 0.3 is 0 Å². The Kier molecular flexibility index (Phi) is 5.01. The van der Waals surface area contributed by atoms with Gasteiger partial charge in [0.1, 0.15) is 6.33 Å². The largest absolute Gasteiger partial charge is 0.504 e. The fourth-order valence-corrected chi connectivity index (χ4v) is 4.21. The number of rotatable bonds is 5. The Morgan fingerprint density at radius 1 is 1.21 bits per heavy atom. The van der Waals surface area contributed by atoms with Crippen LogP contribution >= 0.6 is 11.3 Å². The summed E-state index contributed by atoms with van der Waals surface area (Å²) in [6.45, 7) is 2.04. The van der Waals surface area contributed by atoms with Gasteiger partial charge in [-0.1, -0.05) is 12.1 Å². The standard InChI is InChI=1S/C21H19N5O2S/c1-12-18-20(29-19(12)14-4-3-5-15(22)9-14)21(24-11-23-18)26-25-10-13-6-7-17(28-2)16(27)8-13/h3-11,27H,22H2,1-2H3,(H,23,24,26). The molecule has 7 nitrogen and oxygen atoms in total. The van der Waals surface area contributed by atoms with Crippen LogP contribution in [0.15, 0.2) is 53.9 Å². The molecular formula is C21H19N5O2S. The molecule has 0 saturated heterocycles. The number of benzene rings is 2. The van der Waals surface area contributed by atoms with Crippen LogP contribution in [-0.2, 0) is 0 Å². The van der Waals surface area contributed by atoms with Crippen LogP contribution in [-0.4, -0.2) is 28.4 Å². The van der Waals surface area contributed by atoms with Crippen LogP contribution in [0, 0.1) is 6.92 Å². The van der Waals surface area contributed by atoms with E-state index >= 15 is 0 Å². The van der Waals surface area contributed by atoms with E-state index in [1.807, 2.05) is 31.2 Å². The SMILES string of the molecule is COc1ccc(C=NNc2ncnc3c(C)c(-c4cccc(N)c4)sc23)cc1O. The van der Waals surface area contributed by atoms with Crippen molar-refractivity contribution < 1.29 is 9.84 Å². The number of aromatic hydroxyl groups is 1. The monoisotopic (exact) mass is 405 g/mol. The van der Waals surface area contributed by atoms with Gasteiger partial charge in [0.25, 0.3) is 0 Å². The highest BCUT2D eigenvalue weighted by molar-refractivity contribution is 7.23. The summed E-state index contributed by atoms with van der Waals surface area (Å²) in [7, 11) is 1.51. The molecule has 2 aromatic heterocycles. The molecule has 0 spiro atoms. The second-order valence-corrected chi connectivity index (χ2v) is 7.40. The molecule has 0 saturated carbocycles. The number of fused-ring (bicyclic) bond motifs is 1. The lowest BCUT2D eigenvalue weighted by molar-refractivity contribution is 0.373. The Labute approximate surface area is 171 Å². The summed E-state index contributed by atoms with van der Waals surface area (Å²) < 4.78 is 5.96. The minimum Gasteiger partial charge on any atom is -0.504 e. The van der Waals surface area contributed by atoms with E-state index in [2.05, 4.69) is 20.5 Å². The van der Waals surface area contributed by atoms with Crippen molar-refractivity contribution in [3.05, 3.63) is 59.9 Å². The molecule has 0 amide bonds. The van der Waals surface area contributed by atoms with Crippen molar-refractivity contribution in [1.29, 1.82) is 0 Å².